The largest absolute Gasteiger partial charge is 0.407 e. The fourth-order valence-electron chi connectivity index (χ4n) is 3.40. The second-order valence-corrected chi connectivity index (χ2v) is 12.3. The maximum Gasteiger partial charge on any atom is 0.261 e. The molecule has 0 fully saturated rings. The van der Waals surface area contributed by atoms with Crippen molar-refractivity contribution in [3.8, 4) is 0 Å². The van der Waals surface area contributed by atoms with Gasteiger partial charge in [0.15, 0.2) is 0 Å². The number of hydrogen-bond donors (Lipinski definition) is 1. The third-order valence-electron chi connectivity index (χ3n) is 5.13. The number of hydrogen-bond acceptors (Lipinski definition) is 2. The summed E-state index contributed by atoms with van der Waals surface area (Å²) in [6.45, 7) is 11.5. The fraction of sp³-hybridized carbons (Fsp3) is 0.455. The van der Waals surface area contributed by atoms with E-state index in [2.05, 4.69) is 88.4 Å². The van der Waals surface area contributed by atoms with E-state index in [0.29, 0.717) is 6.61 Å². The highest BCUT2D eigenvalue weighted by Gasteiger charge is 2.49. The predicted octanol–water partition coefficient (Wildman–Crippen LogP) is 3.97. The van der Waals surface area contributed by atoms with Gasteiger partial charge in [-0.1, -0.05) is 88.4 Å². The molecule has 0 heterocycles. The van der Waals surface area contributed by atoms with Crippen molar-refractivity contribution in [2.45, 2.75) is 52.2 Å². The normalized spacial score (nSPS) is 15.0. The highest BCUT2D eigenvalue weighted by atomic mass is 28.4. The maximum atomic E-state index is 9.80. The van der Waals surface area contributed by atoms with Crippen molar-refractivity contribution in [3.05, 3.63) is 60.7 Å². The van der Waals surface area contributed by atoms with Crippen LogP contribution in [0.4, 0.5) is 0 Å². The van der Waals surface area contributed by atoms with Crippen molar-refractivity contribution < 1.29 is 9.53 Å². The molecule has 0 aliphatic rings. The second-order valence-electron chi connectivity index (χ2n) is 8.02. The monoisotopic (exact) mass is 356 g/mol. The van der Waals surface area contributed by atoms with E-state index in [4.69, 9.17) is 4.43 Å². The van der Waals surface area contributed by atoms with E-state index < -0.39 is 8.32 Å². The molecule has 0 aliphatic heterocycles. The Morgan fingerprint density at radius 1 is 0.880 bits per heavy atom. The maximum absolute atomic E-state index is 9.80. The third kappa shape index (κ3) is 4.41. The van der Waals surface area contributed by atoms with Crippen molar-refractivity contribution in [2.75, 3.05) is 6.61 Å². The molecule has 0 radical (unpaired) electrons. The Kier molecular flexibility index (Phi) is 6.61. The number of benzene rings is 2. The average Bonchev–Trinajstić information content (AvgIpc) is 2.59. The summed E-state index contributed by atoms with van der Waals surface area (Å²) in [4.78, 5) is 0. The quantitative estimate of drug-likeness (QED) is 0.761. The summed E-state index contributed by atoms with van der Waals surface area (Å²) in [6, 6.07) is 21.4. The molecule has 1 N–H and O–H groups in total. The molecule has 2 aromatic rings. The molecule has 3 heteroatoms. The second kappa shape index (κ2) is 8.30. The molecular formula is C22H32O2Si. The molecule has 25 heavy (non-hydrogen) atoms. The van der Waals surface area contributed by atoms with Gasteiger partial charge in [-0.2, -0.15) is 0 Å². The molecule has 0 unspecified atom stereocenters. The van der Waals surface area contributed by atoms with Gasteiger partial charge >= 0.3 is 0 Å². The van der Waals surface area contributed by atoms with Crippen molar-refractivity contribution >= 4 is 18.7 Å². The van der Waals surface area contributed by atoms with Gasteiger partial charge in [0, 0.05) is 6.61 Å². The van der Waals surface area contributed by atoms with Crippen LogP contribution < -0.4 is 10.4 Å². The standard InChI is InChI=1S/C22H32O2Si/c1-18(19(2)23)16-17-24-25(22(3,4)5,20-12-8-6-9-13-20)21-14-10-7-11-15-21/h6-15,18-19,23H,16-17H2,1-5H3/t18-,19+/m0/s1. The van der Waals surface area contributed by atoms with Gasteiger partial charge in [-0.3, -0.25) is 0 Å². The molecule has 0 aliphatic carbocycles. The van der Waals surface area contributed by atoms with Crippen molar-refractivity contribution in [2.24, 2.45) is 5.92 Å². The molecule has 2 aromatic carbocycles. The lowest BCUT2D eigenvalue weighted by molar-refractivity contribution is 0.117. The summed E-state index contributed by atoms with van der Waals surface area (Å²) >= 11 is 0. The van der Waals surface area contributed by atoms with Gasteiger partial charge in [0.25, 0.3) is 8.32 Å². The minimum absolute atomic E-state index is 0.00375. The Morgan fingerprint density at radius 2 is 1.32 bits per heavy atom. The molecule has 2 atom stereocenters. The predicted molar refractivity (Wildman–Crippen MR) is 109 cm³/mol. The first-order valence-electron chi connectivity index (χ1n) is 9.22. The van der Waals surface area contributed by atoms with E-state index in [1.54, 1.807) is 0 Å². The first kappa shape index (κ1) is 19.9. The molecule has 2 nitrogen and oxygen atoms in total. The Balaban J connectivity index is 2.46. The van der Waals surface area contributed by atoms with Crippen LogP contribution in [-0.4, -0.2) is 26.1 Å². The smallest absolute Gasteiger partial charge is 0.261 e. The van der Waals surface area contributed by atoms with Gasteiger partial charge in [0.2, 0.25) is 0 Å². The highest BCUT2D eigenvalue weighted by molar-refractivity contribution is 6.99. The Labute approximate surface area is 154 Å². The zero-order valence-corrected chi connectivity index (χ0v) is 17.2. The Bertz CT molecular complexity index is 593. The summed E-state index contributed by atoms with van der Waals surface area (Å²) in [5, 5.41) is 12.4. The van der Waals surface area contributed by atoms with E-state index in [9.17, 15) is 5.11 Å². The Morgan fingerprint density at radius 3 is 1.68 bits per heavy atom. The lowest BCUT2D eigenvalue weighted by atomic mass is 10.0. The lowest BCUT2D eigenvalue weighted by Crippen LogP contribution is -2.66. The van der Waals surface area contributed by atoms with Crippen LogP contribution in [0.5, 0.6) is 0 Å². The summed E-state index contributed by atoms with van der Waals surface area (Å²) < 4.78 is 6.81. The number of rotatable bonds is 7. The molecule has 0 aromatic heterocycles. The van der Waals surface area contributed by atoms with E-state index >= 15 is 0 Å². The third-order valence-corrected chi connectivity index (χ3v) is 10.2. The molecule has 136 valence electrons. The van der Waals surface area contributed by atoms with Crippen LogP contribution in [-0.2, 0) is 4.43 Å². The first-order chi connectivity index (χ1) is 11.8. The van der Waals surface area contributed by atoms with Gasteiger partial charge in [-0.25, -0.2) is 0 Å². The number of aliphatic hydroxyl groups excluding tert-OH is 1. The van der Waals surface area contributed by atoms with Gasteiger partial charge in [-0.05, 0) is 34.7 Å². The molecule has 0 bridgehead atoms. The van der Waals surface area contributed by atoms with E-state index in [1.165, 1.54) is 10.4 Å². The molecular weight excluding hydrogens is 324 g/mol. The minimum Gasteiger partial charge on any atom is -0.407 e. The summed E-state index contributed by atoms with van der Waals surface area (Å²) in [5.41, 5.74) is 0. The van der Waals surface area contributed by atoms with Crippen molar-refractivity contribution in [1.82, 2.24) is 0 Å². The van der Waals surface area contributed by atoms with Crippen LogP contribution in [0.15, 0.2) is 60.7 Å². The number of aliphatic hydroxyl groups is 1. The van der Waals surface area contributed by atoms with E-state index in [0.717, 1.165) is 6.42 Å². The van der Waals surface area contributed by atoms with E-state index in [1.807, 2.05) is 6.92 Å². The molecule has 0 saturated carbocycles. The Hall–Kier alpha value is -1.42. The summed E-state index contributed by atoms with van der Waals surface area (Å²) in [6.07, 6.45) is 0.560. The van der Waals surface area contributed by atoms with Crippen LogP contribution in [0.25, 0.3) is 0 Å². The van der Waals surface area contributed by atoms with Crippen molar-refractivity contribution in [3.63, 3.8) is 0 Å². The van der Waals surface area contributed by atoms with Gasteiger partial charge in [0.1, 0.15) is 0 Å². The molecule has 0 spiro atoms. The van der Waals surface area contributed by atoms with Gasteiger partial charge in [-0.15, -0.1) is 0 Å². The minimum atomic E-state index is -2.43. The van der Waals surface area contributed by atoms with Crippen LogP contribution in [0, 0.1) is 5.92 Å². The van der Waals surface area contributed by atoms with Crippen LogP contribution in [0.3, 0.4) is 0 Å². The van der Waals surface area contributed by atoms with Crippen LogP contribution >= 0.6 is 0 Å². The van der Waals surface area contributed by atoms with Crippen LogP contribution in [0.1, 0.15) is 41.0 Å². The van der Waals surface area contributed by atoms with E-state index in [-0.39, 0.29) is 17.1 Å². The first-order valence-corrected chi connectivity index (χ1v) is 11.1. The van der Waals surface area contributed by atoms with Crippen molar-refractivity contribution in [1.29, 1.82) is 0 Å². The molecule has 2 rings (SSSR count). The summed E-state index contributed by atoms with van der Waals surface area (Å²) in [5.74, 6) is 0.234. The molecule has 0 saturated heterocycles. The van der Waals surface area contributed by atoms with Crippen LogP contribution in [0.2, 0.25) is 5.04 Å². The summed E-state index contributed by atoms with van der Waals surface area (Å²) in [7, 11) is -2.43. The molecule has 0 amide bonds. The SMILES string of the molecule is C[C@@H](O)[C@@H](C)CCO[Si](c1ccccc1)(c1ccccc1)C(C)(C)C. The zero-order valence-electron chi connectivity index (χ0n) is 16.2. The highest BCUT2D eigenvalue weighted by Crippen LogP contribution is 2.36. The van der Waals surface area contributed by atoms with Gasteiger partial charge < -0.3 is 9.53 Å². The topological polar surface area (TPSA) is 29.5 Å². The van der Waals surface area contributed by atoms with Gasteiger partial charge in [0.05, 0.1) is 6.10 Å². The fourth-order valence-corrected chi connectivity index (χ4v) is 7.98. The zero-order chi connectivity index (χ0) is 18.5. The lowest BCUT2D eigenvalue weighted by Gasteiger charge is -2.43. The average molecular weight is 357 g/mol.